The van der Waals surface area contributed by atoms with Crippen LogP contribution in [-0.2, 0) is 9.53 Å². The second-order valence-corrected chi connectivity index (χ2v) is 6.04. The Hall–Kier alpha value is -0.870. The van der Waals surface area contributed by atoms with Crippen molar-refractivity contribution in [3.63, 3.8) is 0 Å². The summed E-state index contributed by atoms with van der Waals surface area (Å²) in [5.41, 5.74) is 1.65. The smallest absolute Gasteiger partial charge is 0.340 e. The molecule has 2 rings (SSSR count). The summed E-state index contributed by atoms with van der Waals surface area (Å²) in [6, 6.07) is 9.74. The number of methoxy groups -OCH3 is 1. The molecule has 17 heavy (non-hydrogen) atoms. The van der Waals surface area contributed by atoms with Crippen molar-refractivity contribution in [2.24, 2.45) is 0 Å². The third-order valence-electron chi connectivity index (χ3n) is 2.41. The minimum Gasteiger partial charge on any atom is -0.465 e. The predicted octanol–water partition coefficient (Wildman–Crippen LogP) is 3.40. The van der Waals surface area contributed by atoms with Crippen LogP contribution >= 0.6 is 23.5 Å². The Morgan fingerprint density at radius 1 is 1.18 bits per heavy atom. The average Bonchev–Trinajstić information content (AvgIpc) is 2.41. The molecule has 0 saturated carbocycles. The van der Waals surface area contributed by atoms with Crippen LogP contribution in [0.4, 0.5) is 0 Å². The monoisotopic (exact) mass is 266 g/mol. The highest BCUT2D eigenvalue weighted by Gasteiger charge is 2.20. The van der Waals surface area contributed by atoms with Crippen molar-refractivity contribution in [2.45, 2.75) is 6.42 Å². The molecular formula is C13H14O2S2. The highest BCUT2D eigenvalue weighted by atomic mass is 32.2. The maximum Gasteiger partial charge on any atom is 0.340 e. The van der Waals surface area contributed by atoms with Crippen LogP contribution in [0.1, 0.15) is 12.0 Å². The first-order valence-corrected chi connectivity index (χ1v) is 7.43. The Morgan fingerprint density at radius 2 is 1.82 bits per heavy atom. The number of benzene rings is 1. The zero-order valence-electron chi connectivity index (χ0n) is 9.64. The molecular weight excluding hydrogens is 252 g/mol. The van der Waals surface area contributed by atoms with E-state index in [0.717, 1.165) is 21.3 Å². The van der Waals surface area contributed by atoms with E-state index < -0.39 is 0 Å². The zero-order chi connectivity index (χ0) is 12.1. The molecule has 0 atom stereocenters. The van der Waals surface area contributed by atoms with Gasteiger partial charge in [-0.1, -0.05) is 30.3 Å². The second kappa shape index (κ2) is 6.17. The molecule has 0 radical (unpaired) electrons. The Kier molecular flexibility index (Phi) is 4.57. The molecule has 1 aliphatic rings. The summed E-state index contributed by atoms with van der Waals surface area (Å²) < 4.78 is 5.99. The van der Waals surface area contributed by atoms with Gasteiger partial charge in [0.2, 0.25) is 0 Å². The molecule has 1 heterocycles. The molecule has 1 aromatic rings. The number of carbonyl (C=O) groups is 1. The minimum atomic E-state index is -0.243. The van der Waals surface area contributed by atoms with Crippen LogP contribution in [0.2, 0.25) is 0 Å². The first-order valence-electron chi connectivity index (χ1n) is 5.46. The van der Waals surface area contributed by atoms with Crippen LogP contribution in [0.5, 0.6) is 0 Å². The van der Waals surface area contributed by atoms with Crippen molar-refractivity contribution in [2.75, 3.05) is 18.6 Å². The molecule has 0 N–H and O–H groups in total. The molecule has 0 amide bonds. The van der Waals surface area contributed by atoms with Gasteiger partial charge >= 0.3 is 5.97 Å². The third-order valence-corrected chi connectivity index (χ3v) is 5.04. The topological polar surface area (TPSA) is 26.3 Å². The average molecular weight is 266 g/mol. The van der Waals surface area contributed by atoms with Crippen LogP contribution < -0.4 is 0 Å². The van der Waals surface area contributed by atoms with Crippen molar-refractivity contribution in [3.05, 3.63) is 40.1 Å². The van der Waals surface area contributed by atoms with E-state index in [4.69, 9.17) is 4.74 Å². The Bertz CT molecular complexity index is 418. The van der Waals surface area contributed by atoms with Gasteiger partial charge in [-0.05, 0) is 23.5 Å². The highest BCUT2D eigenvalue weighted by Crippen LogP contribution is 2.40. The maximum atomic E-state index is 11.9. The van der Waals surface area contributed by atoms with Gasteiger partial charge in [0.15, 0.2) is 0 Å². The second-order valence-electron chi connectivity index (χ2n) is 3.57. The van der Waals surface area contributed by atoms with Gasteiger partial charge < -0.3 is 4.74 Å². The van der Waals surface area contributed by atoms with Gasteiger partial charge in [-0.2, -0.15) is 0 Å². The fourth-order valence-corrected chi connectivity index (χ4v) is 4.26. The molecule has 90 valence electrons. The van der Waals surface area contributed by atoms with E-state index >= 15 is 0 Å². The lowest BCUT2D eigenvalue weighted by molar-refractivity contribution is -0.133. The molecule has 0 unspecified atom stereocenters. The molecule has 0 bridgehead atoms. The molecule has 0 aromatic heterocycles. The number of rotatable bonds is 2. The summed E-state index contributed by atoms with van der Waals surface area (Å²) in [5, 5.41) is 0. The van der Waals surface area contributed by atoms with Gasteiger partial charge in [0.05, 0.1) is 16.9 Å². The lowest BCUT2D eigenvalue weighted by Crippen LogP contribution is -2.07. The largest absolute Gasteiger partial charge is 0.465 e. The lowest BCUT2D eigenvalue weighted by atomic mass is 10.1. The van der Waals surface area contributed by atoms with E-state index in [2.05, 4.69) is 0 Å². The van der Waals surface area contributed by atoms with Gasteiger partial charge in [0.25, 0.3) is 0 Å². The van der Waals surface area contributed by atoms with Gasteiger partial charge in [-0.25, -0.2) is 4.79 Å². The Morgan fingerprint density at radius 3 is 2.41 bits per heavy atom. The molecule has 0 aliphatic carbocycles. The summed E-state index contributed by atoms with van der Waals surface area (Å²) in [6.07, 6.45) is 1.20. The number of thioether (sulfide) groups is 2. The lowest BCUT2D eigenvalue weighted by Gasteiger charge is -2.17. The van der Waals surface area contributed by atoms with Gasteiger partial charge in [-0.15, -0.1) is 23.5 Å². The molecule has 1 aromatic carbocycles. The van der Waals surface area contributed by atoms with E-state index in [1.807, 2.05) is 30.3 Å². The third kappa shape index (κ3) is 3.07. The number of ether oxygens (including phenoxy) is 1. The van der Waals surface area contributed by atoms with E-state index in [0.29, 0.717) is 5.57 Å². The number of hydrogen-bond acceptors (Lipinski definition) is 4. The first kappa shape index (κ1) is 12.6. The predicted molar refractivity (Wildman–Crippen MR) is 74.9 cm³/mol. The molecule has 1 fully saturated rings. The zero-order valence-corrected chi connectivity index (χ0v) is 11.3. The van der Waals surface area contributed by atoms with Gasteiger partial charge in [-0.3, -0.25) is 0 Å². The molecule has 4 heteroatoms. The number of esters is 1. The van der Waals surface area contributed by atoms with E-state index in [-0.39, 0.29) is 5.97 Å². The normalized spacial score (nSPS) is 15.5. The highest BCUT2D eigenvalue weighted by molar-refractivity contribution is 8.23. The maximum absolute atomic E-state index is 11.9. The number of carbonyl (C=O) groups excluding carboxylic acids is 1. The van der Waals surface area contributed by atoms with E-state index in [9.17, 15) is 4.79 Å². The minimum absolute atomic E-state index is 0.243. The van der Waals surface area contributed by atoms with Gasteiger partial charge in [0, 0.05) is 0 Å². The van der Waals surface area contributed by atoms with Crippen LogP contribution in [0.15, 0.2) is 34.6 Å². The van der Waals surface area contributed by atoms with Crippen molar-refractivity contribution in [1.29, 1.82) is 0 Å². The fourth-order valence-electron chi connectivity index (χ4n) is 1.60. The van der Waals surface area contributed by atoms with Crippen molar-refractivity contribution >= 4 is 35.1 Å². The van der Waals surface area contributed by atoms with Gasteiger partial charge in [0.1, 0.15) is 0 Å². The summed E-state index contributed by atoms with van der Waals surface area (Å²) in [4.78, 5) is 11.9. The van der Waals surface area contributed by atoms with E-state index in [1.54, 1.807) is 23.5 Å². The van der Waals surface area contributed by atoms with Crippen LogP contribution in [0, 0.1) is 0 Å². The summed E-state index contributed by atoms with van der Waals surface area (Å²) >= 11 is 3.50. The molecule has 1 saturated heterocycles. The molecule has 1 aliphatic heterocycles. The summed E-state index contributed by atoms with van der Waals surface area (Å²) in [6.45, 7) is 0. The SMILES string of the molecule is COC(=O)C(=C1SCCCS1)c1ccccc1. The fraction of sp³-hybridized carbons (Fsp3) is 0.308. The quantitative estimate of drug-likeness (QED) is 0.605. The Labute approximate surface area is 110 Å². The standard InChI is InChI=1S/C13H14O2S2/c1-15-12(14)11(10-6-3-2-4-7-10)13-16-8-5-9-17-13/h2-4,6-7H,5,8-9H2,1H3. The van der Waals surface area contributed by atoms with Crippen LogP contribution in [-0.4, -0.2) is 24.6 Å². The summed E-state index contributed by atoms with van der Waals surface area (Å²) in [7, 11) is 1.43. The van der Waals surface area contributed by atoms with E-state index in [1.165, 1.54) is 13.5 Å². The molecule has 0 spiro atoms. The Balaban J connectivity index is 2.41. The van der Waals surface area contributed by atoms with Crippen molar-refractivity contribution in [1.82, 2.24) is 0 Å². The van der Waals surface area contributed by atoms with Crippen LogP contribution in [0.25, 0.3) is 5.57 Å². The van der Waals surface area contributed by atoms with Crippen molar-refractivity contribution in [3.8, 4) is 0 Å². The van der Waals surface area contributed by atoms with Crippen LogP contribution in [0.3, 0.4) is 0 Å². The molecule has 2 nitrogen and oxygen atoms in total. The van der Waals surface area contributed by atoms with Crippen molar-refractivity contribution < 1.29 is 9.53 Å². The summed E-state index contributed by atoms with van der Waals surface area (Å²) in [5.74, 6) is 1.92. The number of hydrogen-bond donors (Lipinski definition) is 0. The first-order chi connectivity index (χ1) is 8.33.